The lowest BCUT2D eigenvalue weighted by Crippen LogP contribution is -2.10. The maximum absolute atomic E-state index is 5.39. The van der Waals surface area contributed by atoms with Gasteiger partial charge in [-0.25, -0.2) is 0 Å². The first-order valence-corrected chi connectivity index (χ1v) is 4.22. The molecule has 0 unspecified atom stereocenters. The van der Waals surface area contributed by atoms with Gasteiger partial charge in [-0.1, -0.05) is 30.4 Å². The monoisotopic (exact) mass is 164 g/mol. The highest BCUT2D eigenvalue weighted by Gasteiger charge is 2.19. The van der Waals surface area contributed by atoms with Gasteiger partial charge < -0.3 is 9.47 Å². The minimum atomic E-state index is -0.0996. The third-order valence-corrected chi connectivity index (χ3v) is 1.95. The van der Waals surface area contributed by atoms with E-state index in [0.29, 0.717) is 0 Å². The SMILES string of the molecule is C1=CC=C(C2OCCO2)CC=C1. The second-order valence-electron chi connectivity index (χ2n) is 2.83. The molecule has 0 N–H and O–H groups in total. The van der Waals surface area contributed by atoms with Gasteiger partial charge in [-0.15, -0.1) is 0 Å². The quantitative estimate of drug-likeness (QED) is 0.588. The molecule has 1 heterocycles. The Morgan fingerprint density at radius 1 is 1.08 bits per heavy atom. The van der Waals surface area contributed by atoms with Crippen LogP contribution >= 0.6 is 0 Å². The number of hydrogen-bond acceptors (Lipinski definition) is 2. The van der Waals surface area contributed by atoms with E-state index in [-0.39, 0.29) is 6.29 Å². The van der Waals surface area contributed by atoms with Gasteiger partial charge in [0, 0.05) is 0 Å². The predicted octanol–water partition coefficient (Wildman–Crippen LogP) is 1.80. The second kappa shape index (κ2) is 3.70. The van der Waals surface area contributed by atoms with Crippen LogP contribution in [-0.2, 0) is 9.47 Å². The van der Waals surface area contributed by atoms with Crippen LogP contribution in [0.3, 0.4) is 0 Å². The summed E-state index contributed by atoms with van der Waals surface area (Å²) >= 11 is 0. The lowest BCUT2D eigenvalue weighted by Gasteiger charge is -2.10. The van der Waals surface area contributed by atoms with E-state index in [1.165, 1.54) is 5.57 Å². The molecule has 64 valence electrons. The van der Waals surface area contributed by atoms with Crippen molar-refractivity contribution >= 4 is 0 Å². The van der Waals surface area contributed by atoms with Crippen molar-refractivity contribution in [3.8, 4) is 0 Å². The van der Waals surface area contributed by atoms with Crippen LogP contribution in [0.4, 0.5) is 0 Å². The Balaban J connectivity index is 2.06. The van der Waals surface area contributed by atoms with Gasteiger partial charge in [0.25, 0.3) is 0 Å². The number of allylic oxidation sites excluding steroid dienone is 5. The molecule has 1 saturated heterocycles. The first kappa shape index (κ1) is 7.77. The third kappa shape index (κ3) is 1.65. The lowest BCUT2D eigenvalue weighted by molar-refractivity contribution is -0.0123. The molecule has 1 aliphatic carbocycles. The maximum atomic E-state index is 5.39. The zero-order valence-electron chi connectivity index (χ0n) is 6.90. The zero-order valence-corrected chi connectivity index (χ0v) is 6.90. The van der Waals surface area contributed by atoms with Crippen LogP contribution in [0.2, 0.25) is 0 Å². The van der Waals surface area contributed by atoms with Crippen molar-refractivity contribution in [1.82, 2.24) is 0 Å². The van der Waals surface area contributed by atoms with E-state index in [9.17, 15) is 0 Å². The van der Waals surface area contributed by atoms with Gasteiger partial charge in [0.15, 0.2) is 6.29 Å². The van der Waals surface area contributed by atoms with Crippen molar-refractivity contribution in [1.29, 1.82) is 0 Å². The maximum Gasteiger partial charge on any atom is 0.180 e. The van der Waals surface area contributed by atoms with Crippen molar-refractivity contribution in [3.05, 3.63) is 36.0 Å². The molecule has 2 nitrogen and oxygen atoms in total. The summed E-state index contributed by atoms with van der Waals surface area (Å²) in [5.74, 6) is 0. The molecule has 1 fully saturated rings. The summed E-state index contributed by atoms with van der Waals surface area (Å²) in [6.45, 7) is 1.44. The van der Waals surface area contributed by atoms with Crippen LogP contribution < -0.4 is 0 Å². The molecule has 0 saturated carbocycles. The molecule has 0 atom stereocenters. The minimum Gasteiger partial charge on any atom is -0.346 e. The van der Waals surface area contributed by atoms with Crippen LogP contribution in [0.25, 0.3) is 0 Å². The molecule has 0 aromatic carbocycles. The second-order valence-corrected chi connectivity index (χ2v) is 2.83. The van der Waals surface area contributed by atoms with Crippen molar-refractivity contribution in [2.24, 2.45) is 0 Å². The summed E-state index contributed by atoms with van der Waals surface area (Å²) in [4.78, 5) is 0. The zero-order chi connectivity index (χ0) is 8.23. The van der Waals surface area contributed by atoms with E-state index in [4.69, 9.17) is 9.47 Å². The lowest BCUT2D eigenvalue weighted by atomic mass is 10.2. The van der Waals surface area contributed by atoms with Crippen LogP contribution in [0.15, 0.2) is 36.0 Å². The van der Waals surface area contributed by atoms with E-state index in [1.54, 1.807) is 0 Å². The standard InChI is InChI=1S/C10H12O2/c1-2-4-6-9(5-3-1)10-11-7-8-12-10/h1-5,10H,6-8H2. The van der Waals surface area contributed by atoms with Gasteiger partial charge in [0.05, 0.1) is 13.2 Å². The smallest absolute Gasteiger partial charge is 0.180 e. The highest BCUT2D eigenvalue weighted by Crippen LogP contribution is 2.18. The average Bonchev–Trinajstić information content (AvgIpc) is 2.48. The molecule has 2 heteroatoms. The molecule has 0 aromatic rings. The normalized spacial score (nSPS) is 24.2. The van der Waals surface area contributed by atoms with Gasteiger partial charge in [0.2, 0.25) is 0 Å². The van der Waals surface area contributed by atoms with E-state index < -0.39 is 0 Å². The van der Waals surface area contributed by atoms with Crippen LogP contribution in [0, 0.1) is 0 Å². The van der Waals surface area contributed by atoms with Crippen molar-refractivity contribution in [2.75, 3.05) is 13.2 Å². The minimum absolute atomic E-state index is 0.0996. The fraction of sp³-hybridized carbons (Fsp3) is 0.400. The fourth-order valence-electron chi connectivity index (χ4n) is 1.34. The molecule has 0 radical (unpaired) electrons. The Morgan fingerprint density at radius 2 is 1.92 bits per heavy atom. The Hall–Kier alpha value is -0.860. The molecule has 2 aliphatic rings. The third-order valence-electron chi connectivity index (χ3n) is 1.95. The largest absolute Gasteiger partial charge is 0.346 e. The summed E-state index contributed by atoms with van der Waals surface area (Å²) in [6, 6.07) is 0. The van der Waals surface area contributed by atoms with E-state index in [1.807, 2.05) is 18.2 Å². The Bertz CT molecular complexity index is 232. The van der Waals surface area contributed by atoms with E-state index in [0.717, 1.165) is 19.6 Å². The fourth-order valence-corrected chi connectivity index (χ4v) is 1.34. The Kier molecular flexibility index (Phi) is 2.39. The van der Waals surface area contributed by atoms with Crippen molar-refractivity contribution < 1.29 is 9.47 Å². The predicted molar refractivity (Wildman–Crippen MR) is 46.7 cm³/mol. The molecule has 0 bridgehead atoms. The summed E-state index contributed by atoms with van der Waals surface area (Å²) in [5.41, 5.74) is 1.21. The summed E-state index contributed by atoms with van der Waals surface area (Å²) < 4.78 is 10.8. The van der Waals surface area contributed by atoms with Crippen molar-refractivity contribution in [2.45, 2.75) is 12.7 Å². The van der Waals surface area contributed by atoms with Crippen LogP contribution in [0.1, 0.15) is 6.42 Å². The van der Waals surface area contributed by atoms with Gasteiger partial charge >= 0.3 is 0 Å². The topological polar surface area (TPSA) is 18.5 Å². The number of ether oxygens (including phenoxy) is 2. The number of rotatable bonds is 1. The molecule has 0 amide bonds. The van der Waals surface area contributed by atoms with Crippen molar-refractivity contribution in [3.63, 3.8) is 0 Å². The molecular weight excluding hydrogens is 152 g/mol. The first-order chi connectivity index (χ1) is 5.97. The summed E-state index contributed by atoms with van der Waals surface area (Å²) in [7, 11) is 0. The molecule has 1 aliphatic heterocycles. The van der Waals surface area contributed by atoms with Crippen LogP contribution in [-0.4, -0.2) is 19.5 Å². The van der Waals surface area contributed by atoms with Gasteiger partial charge in [0.1, 0.15) is 0 Å². The Morgan fingerprint density at radius 3 is 2.75 bits per heavy atom. The molecule has 2 rings (SSSR count). The van der Waals surface area contributed by atoms with E-state index >= 15 is 0 Å². The van der Waals surface area contributed by atoms with Gasteiger partial charge in [-0.2, -0.15) is 0 Å². The number of hydrogen-bond donors (Lipinski definition) is 0. The van der Waals surface area contributed by atoms with Crippen LogP contribution in [0.5, 0.6) is 0 Å². The Labute approximate surface area is 72.2 Å². The first-order valence-electron chi connectivity index (χ1n) is 4.22. The summed E-state index contributed by atoms with van der Waals surface area (Å²) in [6.07, 6.45) is 11.1. The van der Waals surface area contributed by atoms with Gasteiger partial charge in [-0.3, -0.25) is 0 Å². The molecule has 0 spiro atoms. The molecule has 12 heavy (non-hydrogen) atoms. The highest BCUT2D eigenvalue weighted by molar-refractivity contribution is 5.24. The van der Waals surface area contributed by atoms with Gasteiger partial charge in [-0.05, 0) is 12.0 Å². The molecule has 0 aromatic heterocycles. The average molecular weight is 164 g/mol. The highest BCUT2D eigenvalue weighted by atomic mass is 16.7. The summed E-state index contributed by atoms with van der Waals surface area (Å²) in [5, 5.41) is 0. The molecular formula is C10H12O2. The van der Waals surface area contributed by atoms with E-state index in [2.05, 4.69) is 12.2 Å².